The van der Waals surface area contributed by atoms with Gasteiger partial charge >= 0.3 is 0 Å². The van der Waals surface area contributed by atoms with Crippen molar-refractivity contribution in [3.05, 3.63) is 88.3 Å². The van der Waals surface area contributed by atoms with Gasteiger partial charge in [0.1, 0.15) is 0 Å². The molecule has 6 nitrogen and oxygen atoms in total. The molecule has 156 valence electrons. The lowest BCUT2D eigenvalue weighted by Gasteiger charge is -2.14. The minimum atomic E-state index is -0.209. The molecule has 2 aromatic heterocycles. The van der Waals surface area contributed by atoms with Gasteiger partial charge in [0.15, 0.2) is 10.8 Å². The lowest BCUT2D eigenvalue weighted by molar-refractivity contribution is -0.113. The second-order valence-corrected chi connectivity index (χ2v) is 7.99. The van der Waals surface area contributed by atoms with Crippen LogP contribution in [0.1, 0.15) is 18.1 Å². The van der Waals surface area contributed by atoms with E-state index >= 15 is 0 Å². The summed E-state index contributed by atoms with van der Waals surface area (Å²) in [7, 11) is 0. The molecule has 1 N–H and O–H groups in total. The van der Waals surface area contributed by atoms with E-state index in [9.17, 15) is 9.59 Å². The summed E-state index contributed by atoms with van der Waals surface area (Å²) in [5, 5.41) is 3.89. The van der Waals surface area contributed by atoms with Crippen molar-refractivity contribution in [1.29, 1.82) is 0 Å². The number of nitrogens with one attached hydrogen (secondary N) is 1. The number of amides is 1. The number of thioether (sulfide) groups is 1. The van der Waals surface area contributed by atoms with E-state index in [-0.39, 0.29) is 17.2 Å². The Labute approximate surface area is 184 Å². The minimum Gasteiger partial charge on any atom is -0.325 e. The molecule has 0 fully saturated rings. The zero-order valence-corrected chi connectivity index (χ0v) is 18.1. The van der Waals surface area contributed by atoms with Gasteiger partial charge in [-0.3, -0.25) is 14.2 Å². The monoisotopic (exact) mass is 430 g/mol. The van der Waals surface area contributed by atoms with Gasteiger partial charge in [-0.1, -0.05) is 55.1 Å². The molecule has 0 atom stereocenters. The topological polar surface area (TPSA) is 76.9 Å². The summed E-state index contributed by atoms with van der Waals surface area (Å²) in [6, 6.07) is 18.7. The fourth-order valence-electron chi connectivity index (χ4n) is 3.41. The van der Waals surface area contributed by atoms with Gasteiger partial charge in [0.2, 0.25) is 5.91 Å². The molecule has 0 radical (unpaired) electrons. The second-order valence-electron chi connectivity index (χ2n) is 7.04. The average molecular weight is 431 g/mol. The highest BCUT2D eigenvalue weighted by molar-refractivity contribution is 7.99. The average Bonchev–Trinajstić information content (AvgIpc) is 2.79. The standard InChI is InChI=1S/C24H22N4O2S/c1-3-17-10-7-9-16(2)21(17)26-20(29)15-31-24-27-22-19(13-8-14-25-22)23(30)28(24)18-11-5-4-6-12-18/h4-14H,3,15H2,1-2H3,(H,26,29). The highest BCUT2D eigenvalue weighted by atomic mass is 32.2. The normalized spacial score (nSPS) is 10.9. The Morgan fingerprint density at radius 1 is 1.06 bits per heavy atom. The maximum Gasteiger partial charge on any atom is 0.268 e. The van der Waals surface area contributed by atoms with Crippen molar-refractivity contribution >= 4 is 34.4 Å². The van der Waals surface area contributed by atoms with Gasteiger partial charge in [0.25, 0.3) is 5.56 Å². The molecule has 0 saturated heterocycles. The van der Waals surface area contributed by atoms with Gasteiger partial charge in [-0.2, -0.15) is 0 Å². The Hall–Kier alpha value is -3.45. The van der Waals surface area contributed by atoms with Crippen molar-refractivity contribution in [2.24, 2.45) is 0 Å². The summed E-state index contributed by atoms with van der Waals surface area (Å²) in [5.74, 6) is -0.0290. The third kappa shape index (κ3) is 4.36. The van der Waals surface area contributed by atoms with Crippen molar-refractivity contribution < 1.29 is 4.79 Å². The Balaban J connectivity index is 1.66. The van der Waals surface area contributed by atoms with Crippen LogP contribution in [0.3, 0.4) is 0 Å². The number of aryl methyl sites for hydroxylation is 2. The molecule has 0 bridgehead atoms. The highest BCUT2D eigenvalue weighted by Gasteiger charge is 2.16. The summed E-state index contributed by atoms with van der Waals surface area (Å²) < 4.78 is 1.53. The first-order valence-electron chi connectivity index (χ1n) is 10.0. The van der Waals surface area contributed by atoms with Gasteiger partial charge in [-0.05, 0) is 48.7 Å². The second kappa shape index (κ2) is 9.14. The fraction of sp³-hybridized carbons (Fsp3) is 0.167. The highest BCUT2D eigenvalue weighted by Crippen LogP contribution is 2.23. The molecular formula is C24H22N4O2S. The van der Waals surface area contributed by atoms with Gasteiger partial charge < -0.3 is 5.32 Å². The first-order chi connectivity index (χ1) is 15.1. The van der Waals surface area contributed by atoms with Crippen molar-refractivity contribution in [3.63, 3.8) is 0 Å². The number of fused-ring (bicyclic) bond motifs is 1. The van der Waals surface area contributed by atoms with Crippen LogP contribution >= 0.6 is 11.8 Å². The van der Waals surface area contributed by atoms with Gasteiger partial charge in [0.05, 0.1) is 16.8 Å². The number of pyridine rings is 1. The molecule has 4 aromatic rings. The van der Waals surface area contributed by atoms with Gasteiger partial charge in [-0.15, -0.1) is 0 Å². The summed E-state index contributed by atoms with van der Waals surface area (Å²) in [6.45, 7) is 4.04. The van der Waals surface area contributed by atoms with Crippen LogP contribution in [0.2, 0.25) is 0 Å². The molecule has 1 amide bonds. The van der Waals surface area contributed by atoms with E-state index in [1.54, 1.807) is 18.3 Å². The Morgan fingerprint density at radius 2 is 1.87 bits per heavy atom. The number of anilines is 1. The maximum atomic E-state index is 13.2. The zero-order valence-electron chi connectivity index (χ0n) is 17.3. The van der Waals surface area contributed by atoms with Crippen LogP contribution in [-0.2, 0) is 11.2 Å². The number of carbonyl (C=O) groups is 1. The zero-order chi connectivity index (χ0) is 21.8. The molecule has 4 rings (SSSR count). The number of aromatic nitrogens is 3. The SMILES string of the molecule is CCc1cccc(C)c1NC(=O)CSc1nc2ncccc2c(=O)n1-c1ccccc1. The summed E-state index contributed by atoms with van der Waals surface area (Å²) >= 11 is 1.22. The summed E-state index contributed by atoms with van der Waals surface area (Å²) in [5.41, 5.74) is 3.82. The molecular weight excluding hydrogens is 408 g/mol. The first-order valence-corrected chi connectivity index (χ1v) is 11.0. The van der Waals surface area contributed by atoms with Crippen LogP contribution in [0.4, 0.5) is 5.69 Å². The number of nitrogens with zero attached hydrogens (tertiary/aromatic N) is 3. The van der Waals surface area contributed by atoms with E-state index in [1.807, 2.05) is 55.5 Å². The Morgan fingerprint density at radius 3 is 2.65 bits per heavy atom. The fourth-order valence-corrected chi connectivity index (χ4v) is 4.21. The van der Waals surface area contributed by atoms with Crippen molar-refractivity contribution in [2.45, 2.75) is 25.4 Å². The van der Waals surface area contributed by atoms with Crippen LogP contribution in [0.15, 0.2) is 76.8 Å². The lowest BCUT2D eigenvalue weighted by Crippen LogP contribution is -2.23. The Bertz CT molecular complexity index is 1300. The molecule has 2 heterocycles. The van der Waals surface area contributed by atoms with E-state index in [1.165, 1.54) is 16.3 Å². The summed E-state index contributed by atoms with van der Waals surface area (Å²) in [4.78, 5) is 34.7. The van der Waals surface area contributed by atoms with Crippen LogP contribution in [0.5, 0.6) is 0 Å². The van der Waals surface area contributed by atoms with Gasteiger partial charge in [0, 0.05) is 11.9 Å². The molecule has 0 aliphatic carbocycles. The van der Waals surface area contributed by atoms with Crippen LogP contribution in [0.25, 0.3) is 16.7 Å². The number of rotatable bonds is 6. The molecule has 0 aliphatic rings. The first kappa shape index (κ1) is 20.8. The third-order valence-corrected chi connectivity index (χ3v) is 5.90. The number of benzene rings is 2. The van der Waals surface area contributed by atoms with E-state index in [0.29, 0.717) is 21.9 Å². The molecule has 31 heavy (non-hydrogen) atoms. The van der Waals surface area contributed by atoms with E-state index in [4.69, 9.17) is 0 Å². The predicted molar refractivity (Wildman–Crippen MR) is 125 cm³/mol. The molecule has 0 saturated carbocycles. The summed E-state index contributed by atoms with van der Waals surface area (Å²) in [6.07, 6.45) is 2.43. The van der Waals surface area contributed by atoms with Crippen molar-refractivity contribution in [3.8, 4) is 5.69 Å². The number of hydrogen-bond acceptors (Lipinski definition) is 5. The largest absolute Gasteiger partial charge is 0.325 e. The smallest absolute Gasteiger partial charge is 0.268 e. The lowest BCUT2D eigenvalue weighted by atomic mass is 10.1. The Kier molecular flexibility index (Phi) is 6.13. The van der Waals surface area contributed by atoms with Crippen molar-refractivity contribution in [1.82, 2.24) is 14.5 Å². The minimum absolute atomic E-state index is 0.120. The third-order valence-electron chi connectivity index (χ3n) is 4.96. The number of hydrogen-bond donors (Lipinski definition) is 1. The van der Waals surface area contributed by atoms with Crippen LogP contribution < -0.4 is 10.9 Å². The number of carbonyl (C=O) groups excluding carboxylic acids is 1. The van der Waals surface area contributed by atoms with Crippen LogP contribution in [-0.4, -0.2) is 26.2 Å². The molecule has 0 aliphatic heterocycles. The van der Waals surface area contributed by atoms with Crippen molar-refractivity contribution in [2.75, 3.05) is 11.1 Å². The van der Waals surface area contributed by atoms with Gasteiger partial charge in [-0.25, -0.2) is 9.97 Å². The van der Waals surface area contributed by atoms with E-state index < -0.39 is 0 Å². The quantitative estimate of drug-likeness (QED) is 0.363. The van der Waals surface area contributed by atoms with Crippen LogP contribution in [0, 0.1) is 6.92 Å². The molecule has 2 aromatic carbocycles. The molecule has 0 spiro atoms. The molecule has 7 heteroatoms. The maximum absolute atomic E-state index is 13.2. The number of para-hydroxylation sites is 2. The van der Waals surface area contributed by atoms with E-state index in [0.717, 1.165) is 23.2 Å². The molecule has 0 unspecified atom stereocenters. The van der Waals surface area contributed by atoms with E-state index in [2.05, 4.69) is 22.2 Å². The predicted octanol–water partition coefficient (Wildman–Crippen LogP) is 4.38.